The summed E-state index contributed by atoms with van der Waals surface area (Å²) in [5.41, 5.74) is 2.06. The molecule has 0 atom stereocenters. The third-order valence-corrected chi connectivity index (χ3v) is 7.82. The number of non-ortho nitro benzene ring substituents is 1. The molecule has 0 bridgehead atoms. The number of benzene rings is 3. The Morgan fingerprint density at radius 1 is 1.13 bits per heavy atom. The molecule has 1 aliphatic heterocycles. The molecule has 4 rings (SSSR count). The van der Waals surface area contributed by atoms with Gasteiger partial charge in [-0.05, 0) is 111 Å². The molecule has 0 aliphatic carbocycles. The molecule has 0 N–H and O–H groups in total. The number of nitro groups is 1. The number of rotatable bonds is 8. The summed E-state index contributed by atoms with van der Waals surface area (Å²) in [6.07, 6.45) is 1.65. The largest absolute Gasteiger partial charge is 0.487 e. The van der Waals surface area contributed by atoms with Gasteiger partial charge in [0.2, 0.25) is 0 Å². The van der Waals surface area contributed by atoms with Crippen molar-refractivity contribution in [1.82, 2.24) is 4.90 Å². The molecular formula is C26H18ClI2N3O6S. The molecule has 0 aromatic heterocycles. The number of amides is 1. The Morgan fingerprint density at radius 3 is 2.41 bits per heavy atom. The summed E-state index contributed by atoms with van der Waals surface area (Å²) < 4.78 is 12.3. The van der Waals surface area contributed by atoms with Crippen molar-refractivity contribution in [3.8, 4) is 5.75 Å². The van der Waals surface area contributed by atoms with E-state index < -0.39 is 16.8 Å². The van der Waals surface area contributed by atoms with Crippen molar-refractivity contribution in [1.29, 1.82) is 0 Å². The summed E-state index contributed by atoms with van der Waals surface area (Å²) >= 11 is 15.8. The van der Waals surface area contributed by atoms with E-state index in [1.807, 2.05) is 12.1 Å². The summed E-state index contributed by atoms with van der Waals surface area (Å²) in [4.78, 5) is 39.1. The van der Waals surface area contributed by atoms with Crippen LogP contribution in [0.5, 0.6) is 5.75 Å². The Hall–Kier alpha value is -2.82. The summed E-state index contributed by atoms with van der Waals surface area (Å²) in [6.45, 7) is -0.0978. The fourth-order valence-corrected chi connectivity index (χ4v) is 6.32. The Morgan fingerprint density at radius 2 is 1.79 bits per heavy atom. The number of thiocarbonyl (C=S) groups is 1. The van der Waals surface area contributed by atoms with Gasteiger partial charge in [0.25, 0.3) is 11.6 Å². The Balaban J connectivity index is 1.64. The molecule has 39 heavy (non-hydrogen) atoms. The van der Waals surface area contributed by atoms with Gasteiger partial charge < -0.3 is 14.4 Å². The van der Waals surface area contributed by atoms with Gasteiger partial charge in [-0.15, -0.1) is 0 Å². The van der Waals surface area contributed by atoms with Gasteiger partial charge in [-0.3, -0.25) is 24.6 Å². The minimum atomic E-state index is -0.553. The molecule has 9 nitrogen and oxygen atoms in total. The van der Waals surface area contributed by atoms with Crippen LogP contribution in [0.3, 0.4) is 0 Å². The van der Waals surface area contributed by atoms with E-state index in [9.17, 15) is 19.7 Å². The van der Waals surface area contributed by atoms with Gasteiger partial charge in [-0.1, -0.05) is 23.7 Å². The standard InChI is InChI=1S/C26H18ClI2N3O6S/c1-37-23(33)13-30-22(25(34)31(26(30)39)18-7-5-17(27)6-8-18)12-16-10-20(28)24(21(29)11-16)38-14-15-3-2-4-19(9-15)32(35)36/h2-12H,13-14H2,1H3/b22-12-. The van der Waals surface area contributed by atoms with Crippen LogP contribution >= 0.6 is 69.0 Å². The van der Waals surface area contributed by atoms with E-state index in [-0.39, 0.29) is 29.6 Å². The maximum atomic E-state index is 13.5. The highest BCUT2D eigenvalue weighted by Gasteiger charge is 2.40. The number of carbonyl (C=O) groups is 2. The van der Waals surface area contributed by atoms with Crippen molar-refractivity contribution < 1.29 is 24.0 Å². The van der Waals surface area contributed by atoms with Crippen molar-refractivity contribution in [3.05, 3.63) is 99.8 Å². The van der Waals surface area contributed by atoms with Crippen molar-refractivity contribution in [2.45, 2.75) is 6.61 Å². The molecule has 0 unspecified atom stereocenters. The van der Waals surface area contributed by atoms with Crippen molar-refractivity contribution in [3.63, 3.8) is 0 Å². The number of carbonyl (C=O) groups excluding carboxylic acids is 2. The second kappa shape index (κ2) is 12.6. The first-order chi connectivity index (χ1) is 18.6. The van der Waals surface area contributed by atoms with Crippen molar-refractivity contribution in [2.24, 2.45) is 0 Å². The highest BCUT2D eigenvalue weighted by molar-refractivity contribution is 14.1. The van der Waals surface area contributed by atoms with Gasteiger partial charge in [0.15, 0.2) is 5.11 Å². The molecule has 3 aromatic carbocycles. The number of esters is 1. The lowest BCUT2D eigenvalue weighted by Crippen LogP contribution is -2.35. The predicted molar refractivity (Wildman–Crippen MR) is 168 cm³/mol. The molecule has 1 amide bonds. The van der Waals surface area contributed by atoms with Gasteiger partial charge in [-0.25, -0.2) is 0 Å². The molecule has 1 fully saturated rings. The first-order valence-corrected chi connectivity index (χ1v) is 14.1. The maximum Gasteiger partial charge on any atom is 0.325 e. The summed E-state index contributed by atoms with van der Waals surface area (Å²) in [7, 11) is 1.26. The molecule has 200 valence electrons. The number of ether oxygens (including phenoxy) is 2. The smallest absolute Gasteiger partial charge is 0.325 e. The minimum absolute atomic E-state index is 0.00855. The van der Waals surface area contributed by atoms with Crippen LogP contribution in [0.25, 0.3) is 6.08 Å². The van der Waals surface area contributed by atoms with E-state index in [0.29, 0.717) is 27.6 Å². The highest BCUT2D eigenvalue weighted by atomic mass is 127. The van der Waals surface area contributed by atoms with Crippen LogP contribution in [0.1, 0.15) is 11.1 Å². The van der Waals surface area contributed by atoms with Crippen LogP contribution in [0, 0.1) is 17.3 Å². The quantitative estimate of drug-likeness (QED) is 0.0667. The zero-order valence-corrected chi connectivity index (χ0v) is 26.0. The molecule has 1 aliphatic rings. The zero-order chi connectivity index (χ0) is 28.3. The lowest BCUT2D eigenvalue weighted by Gasteiger charge is -2.19. The third kappa shape index (κ3) is 6.67. The van der Waals surface area contributed by atoms with Crippen LogP contribution in [-0.4, -0.2) is 40.5 Å². The highest BCUT2D eigenvalue weighted by Crippen LogP contribution is 2.33. The summed E-state index contributed by atoms with van der Waals surface area (Å²) in [5.74, 6) is -0.349. The van der Waals surface area contributed by atoms with E-state index in [0.717, 1.165) is 7.14 Å². The second-order valence-electron chi connectivity index (χ2n) is 8.12. The first kappa shape index (κ1) is 29.2. The molecular weight excluding hydrogens is 772 g/mol. The van der Waals surface area contributed by atoms with Crippen LogP contribution in [0.2, 0.25) is 5.02 Å². The fraction of sp³-hybridized carbons (Fsp3) is 0.115. The van der Waals surface area contributed by atoms with E-state index in [1.165, 1.54) is 29.0 Å². The second-order valence-corrected chi connectivity index (χ2v) is 11.2. The van der Waals surface area contributed by atoms with E-state index >= 15 is 0 Å². The van der Waals surface area contributed by atoms with E-state index in [2.05, 4.69) is 45.2 Å². The number of nitro benzene ring substituents is 1. The number of halogens is 3. The molecule has 1 heterocycles. The van der Waals surface area contributed by atoms with Crippen LogP contribution in [0.15, 0.2) is 66.4 Å². The monoisotopic (exact) mass is 789 g/mol. The van der Waals surface area contributed by atoms with Crippen LogP contribution < -0.4 is 9.64 Å². The molecule has 0 spiro atoms. The molecule has 0 radical (unpaired) electrons. The number of hydrogen-bond acceptors (Lipinski definition) is 7. The lowest BCUT2D eigenvalue weighted by molar-refractivity contribution is -0.384. The molecule has 13 heteroatoms. The van der Waals surface area contributed by atoms with Gasteiger partial charge in [0.05, 0.1) is 24.9 Å². The predicted octanol–water partition coefficient (Wildman–Crippen LogP) is 6.18. The first-order valence-electron chi connectivity index (χ1n) is 11.1. The normalized spacial score (nSPS) is 14.2. The van der Waals surface area contributed by atoms with Crippen molar-refractivity contribution in [2.75, 3.05) is 18.6 Å². The van der Waals surface area contributed by atoms with E-state index in [4.69, 9.17) is 33.3 Å². The maximum absolute atomic E-state index is 13.5. The van der Waals surface area contributed by atoms with Crippen molar-refractivity contribution >= 4 is 103 Å². The third-order valence-electron chi connectivity index (χ3n) is 5.56. The Kier molecular flexibility index (Phi) is 9.40. The van der Waals surface area contributed by atoms with E-state index in [1.54, 1.807) is 42.5 Å². The fourth-order valence-electron chi connectivity index (χ4n) is 3.72. The molecule has 1 saturated heterocycles. The average molecular weight is 790 g/mol. The average Bonchev–Trinajstić information content (AvgIpc) is 3.12. The Bertz CT molecular complexity index is 1490. The lowest BCUT2D eigenvalue weighted by atomic mass is 10.1. The van der Waals surface area contributed by atoms with Gasteiger partial charge >= 0.3 is 5.97 Å². The zero-order valence-electron chi connectivity index (χ0n) is 20.1. The minimum Gasteiger partial charge on any atom is -0.487 e. The number of hydrogen-bond donors (Lipinski definition) is 0. The number of anilines is 1. The molecule has 3 aromatic rings. The number of nitrogens with zero attached hydrogens (tertiary/aromatic N) is 3. The molecule has 0 saturated carbocycles. The Labute approximate surface area is 261 Å². The van der Waals surface area contributed by atoms with Crippen LogP contribution in [-0.2, 0) is 20.9 Å². The number of methoxy groups -OCH3 is 1. The van der Waals surface area contributed by atoms with Gasteiger partial charge in [0.1, 0.15) is 24.6 Å². The SMILES string of the molecule is COC(=O)CN1C(=S)N(c2ccc(Cl)cc2)C(=O)/C1=C/c1cc(I)c(OCc2cccc([N+](=O)[O-])c2)c(I)c1. The van der Waals surface area contributed by atoms with Crippen LogP contribution in [0.4, 0.5) is 11.4 Å². The summed E-state index contributed by atoms with van der Waals surface area (Å²) in [5, 5.41) is 11.7. The van der Waals surface area contributed by atoms with Gasteiger partial charge in [0, 0.05) is 17.2 Å². The topological polar surface area (TPSA) is 102 Å². The van der Waals surface area contributed by atoms with Gasteiger partial charge in [-0.2, -0.15) is 0 Å². The summed E-state index contributed by atoms with van der Waals surface area (Å²) in [6, 6.07) is 16.6.